The van der Waals surface area contributed by atoms with E-state index in [2.05, 4.69) is 9.88 Å². The monoisotopic (exact) mass is 476 g/mol. The number of piperazine rings is 1. The van der Waals surface area contributed by atoms with Crippen LogP contribution in [0.4, 0.5) is 0 Å². The second kappa shape index (κ2) is 8.54. The molecule has 0 atom stereocenters. The maximum absolute atomic E-state index is 12.8. The molecule has 1 N–H and O–H groups in total. The molecule has 1 aliphatic carbocycles. The fraction of sp³-hybridized carbons (Fsp3) is 0.409. The first-order chi connectivity index (χ1) is 15.0. The van der Waals surface area contributed by atoms with Gasteiger partial charge in [0.15, 0.2) is 0 Å². The van der Waals surface area contributed by atoms with Gasteiger partial charge in [-0.25, -0.2) is 4.98 Å². The van der Waals surface area contributed by atoms with Gasteiger partial charge in [-0.15, -0.1) is 11.3 Å². The van der Waals surface area contributed by atoms with Crippen molar-refractivity contribution in [3.05, 3.63) is 60.4 Å². The lowest BCUT2D eigenvalue weighted by Crippen LogP contribution is -2.48. The van der Waals surface area contributed by atoms with Crippen molar-refractivity contribution in [1.29, 1.82) is 0 Å². The molecule has 1 amide bonds. The number of carbonyl (C=O) groups is 1. The number of halogens is 2. The van der Waals surface area contributed by atoms with Crippen molar-refractivity contribution in [2.45, 2.75) is 32.2 Å². The summed E-state index contributed by atoms with van der Waals surface area (Å²) in [5.41, 5.74) is 1.66. The van der Waals surface area contributed by atoms with Crippen LogP contribution in [0, 0.1) is 0 Å². The first-order valence-corrected chi connectivity index (χ1v) is 12.1. The van der Waals surface area contributed by atoms with Gasteiger partial charge in [-0.2, -0.15) is 0 Å². The number of aryl methyl sites for hydroxylation is 2. The minimum atomic E-state index is -0.0848. The van der Waals surface area contributed by atoms with Gasteiger partial charge in [0.1, 0.15) is 10.7 Å². The smallest absolute Gasteiger partial charge is 0.259 e. The molecule has 31 heavy (non-hydrogen) atoms. The largest absolute Gasteiger partial charge is 0.336 e. The van der Waals surface area contributed by atoms with Crippen molar-refractivity contribution < 1.29 is 4.79 Å². The summed E-state index contributed by atoms with van der Waals surface area (Å²) >= 11 is 13.8. The van der Waals surface area contributed by atoms with Crippen LogP contribution < -0.4 is 5.56 Å². The molecular formula is C22H22Cl2N4O2S. The fourth-order valence-corrected chi connectivity index (χ4v) is 6.21. The summed E-state index contributed by atoms with van der Waals surface area (Å²) < 4.78 is 0. The van der Waals surface area contributed by atoms with Crippen LogP contribution in [-0.2, 0) is 19.4 Å². The predicted octanol–water partition coefficient (Wildman–Crippen LogP) is 4.13. The highest BCUT2D eigenvalue weighted by atomic mass is 35.5. The highest BCUT2D eigenvalue weighted by molar-refractivity contribution is 7.18. The second-order valence-electron chi connectivity index (χ2n) is 8.10. The van der Waals surface area contributed by atoms with E-state index in [9.17, 15) is 9.59 Å². The Balaban J connectivity index is 1.27. The first kappa shape index (κ1) is 20.9. The zero-order valence-electron chi connectivity index (χ0n) is 16.9. The van der Waals surface area contributed by atoms with Gasteiger partial charge in [-0.3, -0.25) is 14.5 Å². The molecule has 1 fully saturated rings. The Labute approximate surface area is 193 Å². The molecule has 3 heterocycles. The topological polar surface area (TPSA) is 69.3 Å². The van der Waals surface area contributed by atoms with E-state index < -0.39 is 0 Å². The Bertz CT molecular complexity index is 1210. The standard InChI is InChI=1S/C22H22Cl2N4O2S/c23-13-5-6-14(16(24)11-13)22(30)28-9-7-27(8-10-28)12-18-25-20(29)19-15-3-1-2-4-17(15)31-21(19)26-18/h5-6,11H,1-4,7-10,12H2,(H,25,26,29). The predicted molar refractivity (Wildman–Crippen MR) is 125 cm³/mol. The van der Waals surface area contributed by atoms with Crippen LogP contribution in [0.3, 0.4) is 0 Å². The summed E-state index contributed by atoms with van der Waals surface area (Å²) in [4.78, 5) is 39.5. The van der Waals surface area contributed by atoms with Gasteiger partial charge >= 0.3 is 0 Å². The molecule has 6 nitrogen and oxygen atoms in total. The second-order valence-corrected chi connectivity index (χ2v) is 10.0. The molecule has 0 spiro atoms. The third-order valence-corrected chi connectivity index (χ3v) is 7.80. The van der Waals surface area contributed by atoms with Gasteiger partial charge in [0, 0.05) is 36.1 Å². The molecule has 1 aromatic carbocycles. The van der Waals surface area contributed by atoms with Crippen LogP contribution in [0.15, 0.2) is 23.0 Å². The molecule has 2 aromatic heterocycles. The van der Waals surface area contributed by atoms with Gasteiger partial charge in [0.25, 0.3) is 11.5 Å². The lowest BCUT2D eigenvalue weighted by atomic mass is 9.97. The third kappa shape index (κ3) is 4.12. The molecule has 0 unspecified atom stereocenters. The van der Waals surface area contributed by atoms with E-state index in [-0.39, 0.29) is 11.5 Å². The maximum Gasteiger partial charge on any atom is 0.259 e. The SMILES string of the molecule is O=C(c1ccc(Cl)cc1Cl)N1CCN(Cc2nc3sc4c(c3c(=O)[nH]2)CCCC4)CC1. The van der Waals surface area contributed by atoms with Gasteiger partial charge in [0.05, 0.1) is 22.5 Å². The minimum Gasteiger partial charge on any atom is -0.336 e. The number of fused-ring (bicyclic) bond motifs is 3. The number of aromatic amines is 1. The minimum absolute atomic E-state index is 0.0226. The van der Waals surface area contributed by atoms with Crippen LogP contribution in [-0.4, -0.2) is 51.9 Å². The summed E-state index contributed by atoms with van der Waals surface area (Å²) in [6, 6.07) is 4.94. The van der Waals surface area contributed by atoms with E-state index in [1.54, 1.807) is 34.4 Å². The van der Waals surface area contributed by atoms with E-state index in [1.165, 1.54) is 16.9 Å². The molecule has 2 aliphatic rings. The van der Waals surface area contributed by atoms with Crippen molar-refractivity contribution in [1.82, 2.24) is 19.8 Å². The zero-order chi connectivity index (χ0) is 21.5. The quantitative estimate of drug-likeness (QED) is 0.616. The number of nitrogens with one attached hydrogen (secondary N) is 1. The highest BCUT2D eigenvalue weighted by Gasteiger charge is 2.25. The van der Waals surface area contributed by atoms with E-state index >= 15 is 0 Å². The molecule has 1 saturated heterocycles. The normalized spacial score (nSPS) is 17.2. The summed E-state index contributed by atoms with van der Waals surface area (Å²) in [5, 5.41) is 1.67. The number of aromatic nitrogens is 2. The van der Waals surface area contributed by atoms with E-state index in [0.717, 1.165) is 29.5 Å². The van der Waals surface area contributed by atoms with Crippen LogP contribution in [0.1, 0.15) is 39.5 Å². The molecule has 9 heteroatoms. The number of rotatable bonds is 3. The van der Waals surface area contributed by atoms with Gasteiger partial charge in [-0.05, 0) is 49.4 Å². The van der Waals surface area contributed by atoms with Crippen molar-refractivity contribution in [2.24, 2.45) is 0 Å². The van der Waals surface area contributed by atoms with Gasteiger partial charge in [-0.1, -0.05) is 23.2 Å². The average Bonchev–Trinajstić information content (AvgIpc) is 3.12. The van der Waals surface area contributed by atoms with Crippen molar-refractivity contribution in [2.75, 3.05) is 26.2 Å². The summed E-state index contributed by atoms with van der Waals surface area (Å²) in [7, 11) is 0. The Morgan fingerprint density at radius 3 is 2.68 bits per heavy atom. The summed E-state index contributed by atoms with van der Waals surface area (Å²) in [6.45, 7) is 3.17. The molecule has 1 aliphatic heterocycles. The fourth-order valence-electron chi connectivity index (χ4n) is 4.44. The zero-order valence-corrected chi connectivity index (χ0v) is 19.2. The average molecular weight is 477 g/mol. The number of H-pyrrole nitrogens is 1. The van der Waals surface area contributed by atoms with Crippen LogP contribution in [0.2, 0.25) is 10.0 Å². The van der Waals surface area contributed by atoms with Crippen LogP contribution >= 0.6 is 34.5 Å². The van der Waals surface area contributed by atoms with Crippen molar-refractivity contribution in [3.8, 4) is 0 Å². The summed E-state index contributed by atoms with van der Waals surface area (Å²) in [5.74, 6) is 0.607. The van der Waals surface area contributed by atoms with E-state index in [4.69, 9.17) is 28.2 Å². The number of amides is 1. The van der Waals surface area contributed by atoms with Crippen molar-refractivity contribution in [3.63, 3.8) is 0 Å². The van der Waals surface area contributed by atoms with E-state index in [1.807, 2.05) is 0 Å². The van der Waals surface area contributed by atoms with Gasteiger partial charge in [0.2, 0.25) is 0 Å². The molecule has 5 rings (SSSR count). The number of hydrogen-bond donors (Lipinski definition) is 1. The van der Waals surface area contributed by atoms with Crippen molar-refractivity contribution >= 4 is 50.7 Å². The lowest BCUT2D eigenvalue weighted by molar-refractivity contribution is 0.0625. The Kier molecular flexibility index (Phi) is 5.77. The van der Waals surface area contributed by atoms with Crippen LogP contribution in [0.5, 0.6) is 0 Å². The molecule has 162 valence electrons. The Hall–Kier alpha value is -1.93. The Morgan fingerprint density at radius 2 is 1.90 bits per heavy atom. The van der Waals surface area contributed by atoms with E-state index in [0.29, 0.717) is 54.2 Å². The Morgan fingerprint density at radius 1 is 1.13 bits per heavy atom. The van der Waals surface area contributed by atoms with Gasteiger partial charge < -0.3 is 9.88 Å². The maximum atomic E-state index is 12.8. The molecule has 0 radical (unpaired) electrons. The number of hydrogen-bond acceptors (Lipinski definition) is 5. The molecule has 0 saturated carbocycles. The first-order valence-electron chi connectivity index (χ1n) is 10.5. The number of carbonyl (C=O) groups excluding carboxylic acids is 1. The molecule has 0 bridgehead atoms. The number of benzene rings is 1. The highest BCUT2D eigenvalue weighted by Crippen LogP contribution is 2.33. The molecule has 3 aromatic rings. The lowest BCUT2D eigenvalue weighted by Gasteiger charge is -2.34. The number of nitrogens with zero attached hydrogens (tertiary/aromatic N) is 3. The van der Waals surface area contributed by atoms with Crippen LogP contribution in [0.25, 0.3) is 10.2 Å². The molecular weight excluding hydrogens is 455 g/mol. The third-order valence-electron chi connectivity index (χ3n) is 6.07. The summed E-state index contributed by atoms with van der Waals surface area (Å²) in [6.07, 6.45) is 4.37. The number of thiophene rings is 1.